The largest absolute Gasteiger partial charge is 0.477 e. The highest BCUT2D eigenvalue weighted by Crippen LogP contribution is 2.26. The Labute approximate surface area is 126 Å². The van der Waals surface area contributed by atoms with Gasteiger partial charge in [-0.3, -0.25) is 4.79 Å². The summed E-state index contributed by atoms with van der Waals surface area (Å²) >= 11 is 1.05. The van der Waals surface area contributed by atoms with Gasteiger partial charge in [0.15, 0.2) is 0 Å². The van der Waals surface area contributed by atoms with Crippen LogP contribution in [0.15, 0.2) is 24.3 Å². The first-order valence-corrected chi connectivity index (χ1v) is 7.29. The van der Waals surface area contributed by atoms with Crippen molar-refractivity contribution in [1.29, 1.82) is 0 Å². The zero-order chi connectivity index (χ0) is 15.6. The topological polar surface area (TPSA) is 79.3 Å². The van der Waals surface area contributed by atoms with Crippen LogP contribution in [0.3, 0.4) is 0 Å². The molecular formula is C15H16N2O3S. The molecule has 0 spiro atoms. The number of hydrogen-bond acceptors (Lipinski definition) is 4. The molecule has 0 bridgehead atoms. The molecule has 0 unspecified atom stereocenters. The second-order valence-corrected chi connectivity index (χ2v) is 5.83. The van der Waals surface area contributed by atoms with E-state index in [4.69, 9.17) is 5.11 Å². The van der Waals surface area contributed by atoms with Crippen molar-refractivity contribution in [1.82, 2.24) is 4.98 Å². The Morgan fingerprint density at radius 3 is 2.52 bits per heavy atom. The molecule has 1 amide bonds. The first-order chi connectivity index (χ1) is 9.90. The van der Waals surface area contributed by atoms with Crippen molar-refractivity contribution in [3.63, 3.8) is 0 Å². The third-order valence-corrected chi connectivity index (χ3v) is 4.50. The van der Waals surface area contributed by atoms with Gasteiger partial charge < -0.3 is 10.4 Å². The quantitative estimate of drug-likeness (QED) is 0.909. The summed E-state index contributed by atoms with van der Waals surface area (Å²) in [6.07, 6.45) is 0. The Kier molecular flexibility index (Phi) is 4.37. The minimum absolute atomic E-state index is 0.181. The average molecular weight is 304 g/mol. The van der Waals surface area contributed by atoms with Gasteiger partial charge in [-0.1, -0.05) is 18.2 Å². The van der Waals surface area contributed by atoms with E-state index >= 15 is 0 Å². The Morgan fingerprint density at radius 2 is 1.95 bits per heavy atom. The molecule has 1 aromatic carbocycles. The van der Waals surface area contributed by atoms with Crippen LogP contribution >= 0.6 is 11.3 Å². The molecule has 0 fully saturated rings. The van der Waals surface area contributed by atoms with Crippen LogP contribution in [0.2, 0.25) is 0 Å². The Bertz CT molecular complexity index is 694. The number of carbonyl (C=O) groups excluding carboxylic acids is 1. The minimum atomic E-state index is -1.01. The summed E-state index contributed by atoms with van der Waals surface area (Å²) in [6.45, 7) is 5.27. The summed E-state index contributed by atoms with van der Waals surface area (Å²) in [5.74, 6) is -1.71. The number of amides is 1. The number of thiazole rings is 1. The highest BCUT2D eigenvalue weighted by molar-refractivity contribution is 7.13. The van der Waals surface area contributed by atoms with Gasteiger partial charge >= 0.3 is 5.97 Å². The summed E-state index contributed by atoms with van der Waals surface area (Å²) in [5.41, 5.74) is 2.17. The van der Waals surface area contributed by atoms with Crippen molar-refractivity contribution in [3.8, 4) is 0 Å². The van der Waals surface area contributed by atoms with Crippen LogP contribution in [0.4, 0.5) is 5.69 Å². The number of anilines is 1. The zero-order valence-electron chi connectivity index (χ0n) is 12.0. The SMILES string of the molecule is Cc1ccccc1NC(=O)[C@@H](C)c1nc(C)c(C(=O)O)s1. The van der Waals surface area contributed by atoms with Crippen LogP contribution < -0.4 is 5.32 Å². The summed E-state index contributed by atoms with van der Waals surface area (Å²) in [6, 6.07) is 7.49. The molecule has 21 heavy (non-hydrogen) atoms. The average Bonchev–Trinajstić information content (AvgIpc) is 2.82. The van der Waals surface area contributed by atoms with Crippen molar-refractivity contribution >= 4 is 28.9 Å². The number of aromatic nitrogens is 1. The minimum Gasteiger partial charge on any atom is -0.477 e. The van der Waals surface area contributed by atoms with Crippen LogP contribution in [0.25, 0.3) is 0 Å². The maximum absolute atomic E-state index is 12.3. The van der Waals surface area contributed by atoms with Crippen molar-refractivity contribution in [2.24, 2.45) is 0 Å². The van der Waals surface area contributed by atoms with Crippen LogP contribution in [-0.4, -0.2) is 22.0 Å². The molecule has 2 N–H and O–H groups in total. The van der Waals surface area contributed by atoms with Crippen molar-refractivity contribution in [2.75, 3.05) is 5.32 Å². The highest BCUT2D eigenvalue weighted by atomic mass is 32.1. The van der Waals surface area contributed by atoms with Gasteiger partial charge in [-0.2, -0.15) is 0 Å². The maximum Gasteiger partial charge on any atom is 0.347 e. The normalized spacial score (nSPS) is 12.0. The molecule has 110 valence electrons. The molecule has 0 radical (unpaired) electrons. The predicted molar refractivity (Wildman–Crippen MR) is 82.0 cm³/mol. The van der Waals surface area contributed by atoms with Crippen LogP contribution in [0, 0.1) is 13.8 Å². The lowest BCUT2D eigenvalue weighted by Gasteiger charge is -2.11. The van der Waals surface area contributed by atoms with Crippen molar-refractivity contribution < 1.29 is 14.7 Å². The number of rotatable bonds is 4. The standard InChI is InChI=1S/C15H16N2O3S/c1-8-6-4-5-7-11(8)17-13(18)9(2)14-16-10(3)12(21-14)15(19)20/h4-7,9H,1-3H3,(H,17,18)(H,19,20)/t9-/m1/s1. The highest BCUT2D eigenvalue weighted by Gasteiger charge is 2.23. The van der Waals surface area contributed by atoms with E-state index in [0.717, 1.165) is 22.6 Å². The lowest BCUT2D eigenvalue weighted by Crippen LogP contribution is -2.19. The van der Waals surface area contributed by atoms with E-state index in [1.54, 1.807) is 13.8 Å². The van der Waals surface area contributed by atoms with Crippen LogP contribution in [0.1, 0.15) is 38.8 Å². The monoisotopic (exact) mass is 304 g/mol. The smallest absolute Gasteiger partial charge is 0.347 e. The fraction of sp³-hybridized carbons (Fsp3) is 0.267. The van der Waals surface area contributed by atoms with E-state index in [1.165, 1.54) is 0 Å². The Balaban J connectivity index is 2.18. The predicted octanol–water partition coefficient (Wildman–Crippen LogP) is 3.20. The summed E-state index contributed by atoms with van der Waals surface area (Å²) in [4.78, 5) is 27.7. The molecule has 0 saturated heterocycles. The van der Waals surface area contributed by atoms with Gasteiger partial charge in [0.2, 0.25) is 5.91 Å². The van der Waals surface area contributed by atoms with E-state index < -0.39 is 11.9 Å². The molecule has 6 heteroatoms. The molecule has 2 rings (SSSR count). The fourth-order valence-corrected chi connectivity index (χ4v) is 2.82. The molecule has 0 aliphatic heterocycles. The van der Waals surface area contributed by atoms with Gasteiger partial charge in [0.1, 0.15) is 9.88 Å². The van der Waals surface area contributed by atoms with Gasteiger partial charge in [0.25, 0.3) is 0 Å². The van der Waals surface area contributed by atoms with Gasteiger partial charge in [-0.25, -0.2) is 9.78 Å². The van der Waals surface area contributed by atoms with Crippen molar-refractivity contribution in [3.05, 3.63) is 45.4 Å². The molecular weight excluding hydrogens is 288 g/mol. The summed E-state index contributed by atoms with van der Waals surface area (Å²) in [7, 11) is 0. The number of aromatic carboxylic acids is 1. The van der Waals surface area contributed by atoms with Crippen molar-refractivity contribution in [2.45, 2.75) is 26.7 Å². The summed E-state index contributed by atoms with van der Waals surface area (Å²) < 4.78 is 0. The zero-order valence-corrected chi connectivity index (χ0v) is 12.8. The molecule has 1 heterocycles. The van der Waals surface area contributed by atoms with E-state index in [0.29, 0.717) is 10.7 Å². The number of aryl methyl sites for hydroxylation is 2. The van der Waals surface area contributed by atoms with Gasteiger partial charge in [0.05, 0.1) is 11.6 Å². The number of carbonyl (C=O) groups is 2. The molecule has 5 nitrogen and oxygen atoms in total. The molecule has 0 aliphatic carbocycles. The number of carboxylic acids is 1. The number of nitrogens with one attached hydrogen (secondary N) is 1. The van der Waals surface area contributed by atoms with E-state index in [9.17, 15) is 9.59 Å². The van der Waals surface area contributed by atoms with E-state index in [1.807, 2.05) is 31.2 Å². The second-order valence-electron chi connectivity index (χ2n) is 4.80. The van der Waals surface area contributed by atoms with Gasteiger partial charge in [0, 0.05) is 5.69 Å². The molecule has 1 atom stereocenters. The third-order valence-electron chi connectivity index (χ3n) is 3.17. The van der Waals surface area contributed by atoms with E-state index in [-0.39, 0.29) is 10.8 Å². The second kappa shape index (κ2) is 6.05. The molecule has 1 aromatic heterocycles. The fourth-order valence-electron chi connectivity index (χ4n) is 1.87. The molecule has 2 aromatic rings. The maximum atomic E-state index is 12.3. The van der Waals surface area contributed by atoms with Crippen LogP contribution in [-0.2, 0) is 4.79 Å². The lowest BCUT2D eigenvalue weighted by molar-refractivity contribution is -0.117. The lowest BCUT2D eigenvalue weighted by atomic mass is 10.1. The Morgan fingerprint density at radius 1 is 1.29 bits per heavy atom. The van der Waals surface area contributed by atoms with Gasteiger partial charge in [-0.05, 0) is 32.4 Å². The molecule has 0 saturated carbocycles. The summed E-state index contributed by atoms with van der Waals surface area (Å²) in [5, 5.41) is 12.4. The first kappa shape index (κ1) is 15.2. The first-order valence-electron chi connectivity index (χ1n) is 6.47. The number of nitrogens with zero attached hydrogens (tertiary/aromatic N) is 1. The molecule has 0 aliphatic rings. The van der Waals surface area contributed by atoms with Crippen LogP contribution in [0.5, 0.6) is 0 Å². The number of para-hydroxylation sites is 1. The Hall–Kier alpha value is -2.21. The number of hydrogen-bond donors (Lipinski definition) is 2. The number of carboxylic acid groups (broad SMARTS) is 1. The van der Waals surface area contributed by atoms with E-state index in [2.05, 4.69) is 10.3 Å². The number of benzene rings is 1. The third kappa shape index (κ3) is 3.28. The van der Waals surface area contributed by atoms with Gasteiger partial charge in [-0.15, -0.1) is 11.3 Å².